The highest BCUT2D eigenvalue weighted by atomic mass is 127. The van der Waals surface area contributed by atoms with Crippen molar-refractivity contribution in [2.24, 2.45) is 10.9 Å². The Kier molecular flexibility index (Phi) is 9.28. The number of halogens is 2. The van der Waals surface area contributed by atoms with E-state index in [0.29, 0.717) is 18.4 Å². The van der Waals surface area contributed by atoms with Gasteiger partial charge in [0.15, 0.2) is 17.5 Å². The molecule has 0 spiro atoms. The minimum atomic E-state index is -0.618. The van der Waals surface area contributed by atoms with Gasteiger partial charge in [0.1, 0.15) is 0 Å². The summed E-state index contributed by atoms with van der Waals surface area (Å²) in [6.45, 7) is 8.19. The summed E-state index contributed by atoms with van der Waals surface area (Å²) in [5.41, 5.74) is 0.719. The maximum atomic E-state index is 13.2. The van der Waals surface area contributed by atoms with E-state index >= 15 is 0 Å². The third-order valence-electron chi connectivity index (χ3n) is 2.45. The first-order valence-corrected chi connectivity index (χ1v) is 6.52. The van der Waals surface area contributed by atoms with Gasteiger partial charge in [-0.1, -0.05) is 19.9 Å². The normalized spacial score (nSPS) is 11.2. The molecule has 1 rings (SSSR count). The summed E-state index contributed by atoms with van der Waals surface area (Å²) in [5, 5.41) is 15.5. The molecule has 0 fully saturated rings. The Hall–Kier alpha value is -1.05. The molecule has 0 saturated carbocycles. The fraction of sp³-hybridized carbons (Fsp3) is 0.500. The van der Waals surface area contributed by atoms with E-state index in [1.54, 1.807) is 6.07 Å². The van der Waals surface area contributed by atoms with Crippen LogP contribution >= 0.6 is 24.0 Å². The first kappa shape index (κ1) is 18.9. The van der Waals surface area contributed by atoms with Crippen LogP contribution in [0, 0.1) is 11.7 Å². The number of aliphatic imine (C=N–C) groups is 1. The van der Waals surface area contributed by atoms with Crippen molar-refractivity contribution in [3.05, 3.63) is 29.6 Å². The molecule has 0 amide bonds. The average Bonchev–Trinajstić information content (AvgIpc) is 2.36. The summed E-state index contributed by atoms with van der Waals surface area (Å²) in [6, 6.07) is 4.30. The van der Waals surface area contributed by atoms with Gasteiger partial charge in [-0.3, -0.25) is 0 Å². The fourth-order valence-electron chi connectivity index (χ4n) is 1.46. The van der Waals surface area contributed by atoms with Crippen LogP contribution in [0.4, 0.5) is 4.39 Å². The molecule has 0 bridgehead atoms. The molecule has 0 aromatic heterocycles. The van der Waals surface area contributed by atoms with Gasteiger partial charge in [0.25, 0.3) is 0 Å². The summed E-state index contributed by atoms with van der Waals surface area (Å²) in [4.78, 5) is 4.37. The van der Waals surface area contributed by atoms with Crippen LogP contribution < -0.4 is 10.6 Å². The molecule has 0 unspecified atom stereocenters. The molecule has 6 heteroatoms. The molecule has 0 aliphatic heterocycles. The zero-order valence-corrected chi connectivity index (χ0v) is 14.4. The highest BCUT2D eigenvalue weighted by Crippen LogP contribution is 2.16. The highest BCUT2D eigenvalue weighted by molar-refractivity contribution is 14.0. The molecule has 0 saturated heterocycles. The predicted molar refractivity (Wildman–Crippen MR) is 91.1 cm³/mol. The van der Waals surface area contributed by atoms with Crippen molar-refractivity contribution in [1.82, 2.24) is 10.6 Å². The van der Waals surface area contributed by atoms with Crippen molar-refractivity contribution in [1.29, 1.82) is 0 Å². The standard InChI is InChI=1S/C14H22FN3O.HI/c1-4-16-14(17-8-10(2)3)18-9-11-5-6-13(19)12(15)7-11;/h5-7,10,19H,4,8-9H2,1-3H3,(H2,16,17,18);1H. The Morgan fingerprint density at radius 2 is 2.05 bits per heavy atom. The SMILES string of the molecule is CCNC(=NCc1ccc(O)c(F)c1)NCC(C)C.I. The van der Waals surface area contributed by atoms with Crippen molar-refractivity contribution in [3.63, 3.8) is 0 Å². The zero-order chi connectivity index (χ0) is 14.3. The fourth-order valence-corrected chi connectivity index (χ4v) is 1.46. The number of phenols is 1. The highest BCUT2D eigenvalue weighted by Gasteiger charge is 2.02. The molecule has 0 radical (unpaired) electrons. The van der Waals surface area contributed by atoms with Crippen LogP contribution in [0.2, 0.25) is 0 Å². The molecule has 4 nitrogen and oxygen atoms in total. The number of rotatable bonds is 5. The van der Waals surface area contributed by atoms with Crippen LogP contribution in [0.25, 0.3) is 0 Å². The van der Waals surface area contributed by atoms with Crippen LogP contribution in [-0.4, -0.2) is 24.2 Å². The van der Waals surface area contributed by atoms with Gasteiger partial charge in [0, 0.05) is 13.1 Å². The Bertz CT molecular complexity index is 438. The van der Waals surface area contributed by atoms with Crippen molar-refractivity contribution >= 4 is 29.9 Å². The van der Waals surface area contributed by atoms with Gasteiger partial charge in [0.05, 0.1) is 6.54 Å². The monoisotopic (exact) mass is 395 g/mol. The maximum Gasteiger partial charge on any atom is 0.191 e. The van der Waals surface area contributed by atoms with E-state index in [0.717, 1.165) is 18.7 Å². The number of hydrogen-bond donors (Lipinski definition) is 3. The molecule has 3 N–H and O–H groups in total. The number of hydrogen-bond acceptors (Lipinski definition) is 2. The Morgan fingerprint density at radius 1 is 1.35 bits per heavy atom. The third-order valence-corrected chi connectivity index (χ3v) is 2.45. The summed E-state index contributed by atoms with van der Waals surface area (Å²) in [6.07, 6.45) is 0. The lowest BCUT2D eigenvalue weighted by molar-refractivity contribution is 0.432. The lowest BCUT2D eigenvalue weighted by atomic mass is 10.2. The summed E-state index contributed by atoms with van der Waals surface area (Å²) in [5.74, 6) is 0.282. The molecule has 114 valence electrons. The van der Waals surface area contributed by atoms with Gasteiger partial charge >= 0.3 is 0 Å². The average molecular weight is 395 g/mol. The van der Waals surface area contributed by atoms with Crippen molar-refractivity contribution in [2.75, 3.05) is 13.1 Å². The molecule has 0 heterocycles. The van der Waals surface area contributed by atoms with Crippen LogP contribution in [-0.2, 0) is 6.54 Å². The number of nitrogens with one attached hydrogen (secondary N) is 2. The van der Waals surface area contributed by atoms with E-state index < -0.39 is 5.82 Å². The smallest absolute Gasteiger partial charge is 0.191 e. The van der Waals surface area contributed by atoms with E-state index in [1.807, 2.05) is 6.92 Å². The van der Waals surface area contributed by atoms with Crippen LogP contribution in [0.5, 0.6) is 5.75 Å². The molecule has 1 aromatic carbocycles. The molecule has 20 heavy (non-hydrogen) atoms. The largest absolute Gasteiger partial charge is 0.505 e. The second-order valence-electron chi connectivity index (χ2n) is 4.76. The first-order chi connectivity index (χ1) is 9.02. The van der Waals surface area contributed by atoms with Gasteiger partial charge in [-0.2, -0.15) is 0 Å². The lowest BCUT2D eigenvalue weighted by Crippen LogP contribution is -2.39. The second-order valence-corrected chi connectivity index (χ2v) is 4.76. The quantitative estimate of drug-likeness (QED) is 0.408. The van der Waals surface area contributed by atoms with E-state index in [4.69, 9.17) is 5.11 Å². The van der Waals surface area contributed by atoms with E-state index in [9.17, 15) is 4.39 Å². The second kappa shape index (κ2) is 9.79. The first-order valence-electron chi connectivity index (χ1n) is 6.52. The Balaban J connectivity index is 0.00000361. The van der Waals surface area contributed by atoms with Gasteiger partial charge in [-0.15, -0.1) is 24.0 Å². The minimum absolute atomic E-state index is 0. The number of nitrogens with zero attached hydrogens (tertiary/aromatic N) is 1. The van der Waals surface area contributed by atoms with Crippen molar-refractivity contribution < 1.29 is 9.50 Å². The van der Waals surface area contributed by atoms with Gasteiger partial charge < -0.3 is 15.7 Å². The topological polar surface area (TPSA) is 56.7 Å². The lowest BCUT2D eigenvalue weighted by Gasteiger charge is -2.13. The van der Waals surface area contributed by atoms with Crippen LogP contribution in [0.1, 0.15) is 26.3 Å². The third kappa shape index (κ3) is 6.93. The van der Waals surface area contributed by atoms with Crippen LogP contribution in [0.3, 0.4) is 0 Å². The van der Waals surface area contributed by atoms with E-state index in [2.05, 4.69) is 29.5 Å². The molecule has 0 aliphatic rings. The van der Waals surface area contributed by atoms with E-state index in [-0.39, 0.29) is 29.7 Å². The zero-order valence-electron chi connectivity index (χ0n) is 12.1. The number of guanidine groups is 1. The molecule has 0 atom stereocenters. The predicted octanol–water partition coefficient (Wildman–Crippen LogP) is 2.86. The number of aromatic hydroxyl groups is 1. The van der Waals surface area contributed by atoms with Gasteiger partial charge in [-0.25, -0.2) is 9.38 Å². The molecule has 1 aromatic rings. The Labute approximate surface area is 136 Å². The van der Waals surface area contributed by atoms with Gasteiger partial charge in [-0.05, 0) is 30.5 Å². The van der Waals surface area contributed by atoms with E-state index in [1.165, 1.54) is 12.1 Å². The number of benzene rings is 1. The number of phenolic OH excluding ortho intramolecular Hbond substituents is 1. The van der Waals surface area contributed by atoms with Crippen molar-refractivity contribution in [2.45, 2.75) is 27.3 Å². The molecule has 0 aliphatic carbocycles. The minimum Gasteiger partial charge on any atom is -0.505 e. The molecular weight excluding hydrogens is 372 g/mol. The maximum absolute atomic E-state index is 13.2. The summed E-state index contributed by atoms with van der Waals surface area (Å²) >= 11 is 0. The summed E-state index contributed by atoms with van der Waals surface area (Å²) in [7, 11) is 0. The van der Waals surface area contributed by atoms with Gasteiger partial charge in [0.2, 0.25) is 0 Å². The van der Waals surface area contributed by atoms with Crippen molar-refractivity contribution in [3.8, 4) is 5.75 Å². The Morgan fingerprint density at radius 3 is 2.60 bits per heavy atom. The van der Waals surface area contributed by atoms with Crippen LogP contribution in [0.15, 0.2) is 23.2 Å². The molecular formula is C14H23FIN3O. The summed E-state index contributed by atoms with van der Waals surface area (Å²) < 4.78 is 13.2.